The quantitative estimate of drug-likeness (QED) is 0.371. The first-order valence-electron chi connectivity index (χ1n) is 8.24. The number of nitrogens with zero attached hydrogens (tertiary/aromatic N) is 5. The average Bonchev–Trinajstić information content (AvgIpc) is 2.60. The van der Waals surface area contributed by atoms with Crippen LogP contribution in [0.2, 0.25) is 5.02 Å². The van der Waals surface area contributed by atoms with E-state index in [1.54, 1.807) is 31.2 Å². The molecule has 0 unspecified atom stereocenters. The van der Waals surface area contributed by atoms with E-state index in [4.69, 9.17) is 27.6 Å². The summed E-state index contributed by atoms with van der Waals surface area (Å²) in [6.07, 6.45) is 0.684. The molecular formula is C16H24ClN7O3S. The molecule has 1 heterocycles. The maximum absolute atomic E-state index is 9.56. The molecule has 0 fully saturated rings. The van der Waals surface area contributed by atoms with Gasteiger partial charge in [-0.3, -0.25) is 9.56 Å². The van der Waals surface area contributed by atoms with Gasteiger partial charge in [0, 0.05) is 19.7 Å². The lowest BCUT2D eigenvalue weighted by atomic mass is 10.0. The minimum atomic E-state index is -3.66. The van der Waals surface area contributed by atoms with Crippen LogP contribution >= 0.6 is 11.6 Å². The van der Waals surface area contributed by atoms with Crippen LogP contribution < -0.4 is 11.5 Å². The van der Waals surface area contributed by atoms with Gasteiger partial charge in [-0.25, -0.2) is 4.98 Å². The van der Waals surface area contributed by atoms with Gasteiger partial charge in [0.15, 0.2) is 0 Å². The molecule has 2 aromatic rings. The molecule has 1 aromatic carbocycles. The largest absolute Gasteiger partial charge is 0.383 e. The fourth-order valence-electron chi connectivity index (χ4n) is 2.00. The molecule has 0 spiro atoms. The lowest BCUT2D eigenvalue weighted by Crippen LogP contribution is -2.06. The highest BCUT2D eigenvalue weighted by Gasteiger charge is 2.14. The Morgan fingerprint density at radius 2 is 1.82 bits per heavy atom. The summed E-state index contributed by atoms with van der Waals surface area (Å²) in [5, 5.41) is 10.2. The standard InChI is InChI=1S/C14H18ClN7.C2H6O3S/c1-4-10-12(13(16)19-14(17)18-10)8-5-6-9(15)11(7-8)20-21-22(2)3;1-2-6(3,4)5/h5-7H,4H2,1-3H3,(H4,16,17,18,19);2H2,1H3,(H,3,4,5). The van der Waals surface area contributed by atoms with E-state index in [0.717, 1.165) is 16.8 Å². The predicted molar refractivity (Wildman–Crippen MR) is 111 cm³/mol. The normalized spacial score (nSPS) is 11.2. The Balaban J connectivity index is 0.000000568. The lowest BCUT2D eigenvalue weighted by Gasteiger charge is -2.11. The van der Waals surface area contributed by atoms with E-state index in [1.807, 2.05) is 13.0 Å². The third-order valence-electron chi connectivity index (χ3n) is 3.30. The zero-order chi connectivity index (χ0) is 21.5. The first kappa shape index (κ1) is 23.5. The molecule has 0 aliphatic carbocycles. The second-order valence-corrected chi connectivity index (χ2v) is 7.86. The predicted octanol–water partition coefficient (Wildman–Crippen LogP) is 2.98. The molecule has 0 saturated heterocycles. The molecule has 12 heteroatoms. The molecule has 0 amide bonds. The molecule has 154 valence electrons. The zero-order valence-corrected chi connectivity index (χ0v) is 17.7. The number of benzene rings is 1. The molecule has 0 radical (unpaired) electrons. The van der Waals surface area contributed by atoms with Crippen molar-refractivity contribution >= 4 is 39.2 Å². The zero-order valence-electron chi connectivity index (χ0n) is 16.1. The molecule has 0 aliphatic rings. The van der Waals surface area contributed by atoms with Crippen LogP contribution in [0.25, 0.3) is 11.1 Å². The Kier molecular flexibility index (Phi) is 8.54. The van der Waals surface area contributed by atoms with Gasteiger partial charge in [-0.05, 0) is 31.0 Å². The fourth-order valence-corrected chi connectivity index (χ4v) is 2.15. The Hall–Kier alpha value is -2.50. The van der Waals surface area contributed by atoms with Gasteiger partial charge in [-0.2, -0.15) is 13.4 Å². The molecule has 0 aliphatic heterocycles. The topological polar surface area (TPSA) is 160 Å². The number of hydrogen-bond acceptors (Lipinski definition) is 8. The summed E-state index contributed by atoms with van der Waals surface area (Å²) in [5.74, 6) is 0.300. The summed E-state index contributed by atoms with van der Waals surface area (Å²) in [6, 6.07) is 5.40. The van der Waals surface area contributed by atoms with Gasteiger partial charge >= 0.3 is 0 Å². The van der Waals surface area contributed by atoms with E-state index in [9.17, 15) is 8.42 Å². The minimum absolute atomic E-state index is 0.166. The highest BCUT2D eigenvalue weighted by Crippen LogP contribution is 2.35. The SMILES string of the molecule is CCS(=O)(=O)O.CCc1nc(N)nc(N)c1-c1ccc(Cl)c(N=NN(C)C)c1. The van der Waals surface area contributed by atoms with Crippen LogP contribution in [0.1, 0.15) is 19.5 Å². The Morgan fingerprint density at radius 3 is 2.32 bits per heavy atom. The second-order valence-electron chi connectivity index (χ2n) is 5.72. The molecule has 0 saturated carbocycles. The van der Waals surface area contributed by atoms with Crippen LogP contribution in [0.4, 0.5) is 17.5 Å². The van der Waals surface area contributed by atoms with E-state index in [2.05, 4.69) is 20.3 Å². The van der Waals surface area contributed by atoms with E-state index in [1.165, 1.54) is 6.92 Å². The molecule has 10 nitrogen and oxygen atoms in total. The number of rotatable bonds is 5. The van der Waals surface area contributed by atoms with Crippen molar-refractivity contribution in [3.63, 3.8) is 0 Å². The third kappa shape index (κ3) is 7.25. The number of halogens is 1. The van der Waals surface area contributed by atoms with Crippen molar-refractivity contribution in [2.75, 3.05) is 31.3 Å². The van der Waals surface area contributed by atoms with E-state index in [0.29, 0.717) is 22.9 Å². The van der Waals surface area contributed by atoms with Crippen LogP contribution in [-0.2, 0) is 16.5 Å². The average molecular weight is 430 g/mol. The van der Waals surface area contributed by atoms with Gasteiger partial charge in [0.2, 0.25) is 5.95 Å². The molecule has 1 aromatic heterocycles. The number of aromatic nitrogens is 2. The van der Waals surface area contributed by atoms with Crippen LogP contribution in [-0.4, -0.2) is 47.8 Å². The summed E-state index contributed by atoms with van der Waals surface area (Å²) < 4.78 is 26.9. The van der Waals surface area contributed by atoms with Crippen LogP contribution in [0.3, 0.4) is 0 Å². The summed E-state index contributed by atoms with van der Waals surface area (Å²) in [7, 11) is -0.102. The van der Waals surface area contributed by atoms with Crippen molar-refractivity contribution in [2.45, 2.75) is 20.3 Å². The van der Waals surface area contributed by atoms with Crippen LogP contribution in [0.15, 0.2) is 28.5 Å². The van der Waals surface area contributed by atoms with Crippen molar-refractivity contribution in [2.24, 2.45) is 10.3 Å². The van der Waals surface area contributed by atoms with E-state index < -0.39 is 10.1 Å². The van der Waals surface area contributed by atoms with Gasteiger partial charge in [0.25, 0.3) is 10.1 Å². The summed E-state index contributed by atoms with van der Waals surface area (Å²) in [6.45, 7) is 3.35. The van der Waals surface area contributed by atoms with Crippen molar-refractivity contribution in [3.8, 4) is 11.1 Å². The molecule has 2 rings (SSSR count). The van der Waals surface area contributed by atoms with Crippen molar-refractivity contribution in [1.29, 1.82) is 0 Å². The summed E-state index contributed by atoms with van der Waals surface area (Å²) in [5.41, 5.74) is 14.6. The highest BCUT2D eigenvalue weighted by molar-refractivity contribution is 7.85. The number of hydrogen-bond donors (Lipinski definition) is 3. The molecule has 0 atom stereocenters. The first-order chi connectivity index (χ1) is 13.0. The Bertz CT molecular complexity index is 949. The highest BCUT2D eigenvalue weighted by atomic mass is 35.5. The molecule has 5 N–H and O–H groups in total. The summed E-state index contributed by atoms with van der Waals surface area (Å²) >= 11 is 6.15. The Labute approximate surface area is 169 Å². The van der Waals surface area contributed by atoms with Crippen molar-refractivity contribution in [1.82, 2.24) is 15.0 Å². The second kappa shape index (κ2) is 10.2. The third-order valence-corrected chi connectivity index (χ3v) is 4.34. The summed E-state index contributed by atoms with van der Waals surface area (Å²) in [4.78, 5) is 8.28. The van der Waals surface area contributed by atoms with Crippen molar-refractivity contribution < 1.29 is 13.0 Å². The van der Waals surface area contributed by atoms with Gasteiger partial charge in [-0.1, -0.05) is 29.8 Å². The fraction of sp³-hybridized carbons (Fsp3) is 0.375. The Morgan fingerprint density at radius 1 is 1.21 bits per heavy atom. The van der Waals surface area contributed by atoms with Crippen LogP contribution in [0.5, 0.6) is 0 Å². The lowest BCUT2D eigenvalue weighted by molar-refractivity contribution is 0.408. The number of nitrogen functional groups attached to an aromatic ring is 2. The minimum Gasteiger partial charge on any atom is -0.383 e. The monoisotopic (exact) mass is 429 g/mol. The van der Waals surface area contributed by atoms with E-state index >= 15 is 0 Å². The smallest absolute Gasteiger partial charge is 0.264 e. The van der Waals surface area contributed by atoms with Crippen LogP contribution in [0, 0.1) is 0 Å². The molecule has 28 heavy (non-hydrogen) atoms. The number of anilines is 2. The molecular weight excluding hydrogens is 406 g/mol. The molecule has 0 bridgehead atoms. The maximum atomic E-state index is 9.56. The van der Waals surface area contributed by atoms with E-state index in [-0.39, 0.29) is 11.7 Å². The number of nitrogens with two attached hydrogens (primary N) is 2. The van der Waals surface area contributed by atoms with Gasteiger partial charge in [-0.15, -0.1) is 5.11 Å². The van der Waals surface area contributed by atoms with Gasteiger partial charge in [0.05, 0.1) is 16.5 Å². The van der Waals surface area contributed by atoms with Crippen molar-refractivity contribution in [3.05, 3.63) is 28.9 Å². The maximum Gasteiger partial charge on any atom is 0.264 e. The number of aryl methyl sites for hydroxylation is 1. The van der Waals surface area contributed by atoms with Gasteiger partial charge < -0.3 is 11.5 Å². The van der Waals surface area contributed by atoms with Gasteiger partial charge in [0.1, 0.15) is 11.5 Å². The first-order valence-corrected chi connectivity index (χ1v) is 10.2.